The Kier molecular flexibility index (Phi) is 5.92. The van der Waals surface area contributed by atoms with Gasteiger partial charge in [-0.15, -0.1) is 6.58 Å². The van der Waals surface area contributed by atoms with Crippen LogP contribution in [0.15, 0.2) is 43.0 Å². The zero-order valence-electron chi connectivity index (χ0n) is 11.1. The molecule has 0 aliphatic carbocycles. The second-order valence-electron chi connectivity index (χ2n) is 4.52. The van der Waals surface area contributed by atoms with Crippen LogP contribution in [0.5, 0.6) is 0 Å². The molecule has 0 aromatic heterocycles. The number of benzene rings is 1. The van der Waals surface area contributed by atoms with Gasteiger partial charge in [-0.1, -0.05) is 44.2 Å². The van der Waals surface area contributed by atoms with Crippen LogP contribution in [-0.2, 0) is 4.79 Å². The first-order valence-electron chi connectivity index (χ1n) is 6.30. The molecule has 0 unspecified atom stereocenters. The number of carbonyl (C=O) groups excluding carboxylic acids is 1. The minimum Gasteiger partial charge on any atom is -0.352 e. The first-order valence-corrected chi connectivity index (χ1v) is 6.30. The summed E-state index contributed by atoms with van der Waals surface area (Å²) >= 11 is 0. The smallest absolute Gasteiger partial charge is 0.244 e. The summed E-state index contributed by atoms with van der Waals surface area (Å²) in [5, 5.41) is 2.79. The van der Waals surface area contributed by atoms with Crippen LogP contribution >= 0.6 is 0 Å². The highest BCUT2D eigenvalue weighted by molar-refractivity contribution is 5.91. The molecule has 2 nitrogen and oxygen atoms in total. The number of rotatable bonds is 6. The third-order valence-electron chi connectivity index (χ3n) is 2.68. The Balaban J connectivity index is 2.50. The van der Waals surface area contributed by atoms with Crippen molar-refractivity contribution < 1.29 is 4.79 Å². The summed E-state index contributed by atoms with van der Waals surface area (Å²) in [5.74, 6) is 0.468. The van der Waals surface area contributed by atoms with Crippen molar-refractivity contribution in [3.05, 3.63) is 54.1 Å². The first-order chi connectivity index (χ1) is 8.63. The van der Waals surface area contributed by atoms with Gasteiger partial charge in [0.2, 0.25) is 5.91 Å². The predicted molar refractivity (Wildman–Crippen MR) is 77.4 cm³/mol. The Bertz CT molecular complexity index is 415. The molecule has 0 heterocycles. The van der Waals surface area contributed by atoms with Crippen molar-refractivity contribution in [3.8, 4) is 0 Å². The molecular weight excluding hydrogens is 222 g/mol. The van der Waals surface area contributed by atoms with Crippen LogP contribution in [0, 0.1) is 0 Å². The summed E-state index contributed by atoms with van der Waals surface area (Å²) in [6.07, 6.45) is 5.97. The molecule has 1 aromatic carbocycles. The Hall–Kier alpha value is -1.83. The summed E-state index contributed by atoms with van der Waals surface area (Å²) in [7, 11) is 0. The van der Waals surface area contributed by atoms with Crippen molar-refractivity contribution in [2.45, 2.75) is 26.2 Å². The Morgan fingerprint density at radius 3 is 2.56 bits per heavy atom. The minimum absolute atomic E-state index is 0.0650. The van der Waals surface area contributed by atoms with E-state index in [-0.39, 0.29) is 5.91 Å². The average Bonchev–Trinajstić information content (AvgIpc) is 2.37. The molecule has 96 valence electrons. The standard InChI is InChI=1S/C16H21NO/c1-4-5-12-17-16(18)11-8-14-6-9-15(10-7-14)13(2)3/h4,6-11,13H,1,5,12H2,2-3H3,(H,17,18)/b11-8+. The largest absolute Gasteiger partial charge is 0.352 e. The van der Waals surface area contributed by atoms with Gasteiger partial charge in [0.05, 0.1) is 0 Å². The minimum atomic E-state index is -0.0650. The fourth-order valence-corrected chi connectivity index (χ4v) is 1.52. The first kappa shape index (κ1) is 14.2. The highest BCUT2D eigenvalue weighted by atomic mass is 16.1. The van der Waals surface area contributed by atoms with Crippen molar-refractivity contribution in [2.75, 3.05) is 6.54 Å². The summed E-state index contributed by atoms with van der Waals surface area (Å²) < 4.78 is 0. The molecule has 0 fully saturated rings. The third kappa shape index (κ3) is 5.00. The van der Waals surface area contributed by atoms with E-state index in [1.807, 2.05) is 18.2 Å². The van der Waals surface area contributed by atoms with Crippen LogP contribution in [0.4, 0.5) is 0 Å². The second kappa shape index (κ2) is 7.49. The monoisotopic (exact) mass is 243 g/mol. The van der Waals surface area contributed by atoms with Gasteiger partial charge in [0.1, 0.15) is 0 Å². The number of amides is 1. The average molecular weight is 243 g/mol. The fourth-order valence-electron chi connectivity index (χ4n) is 1.52. The van der Waals surface area contributed by atoms with Crippen molar-refractivity contribution in [1.82, 2.24) is 5.32 Å². The Morgan fingerprint density at radius 2 is 2.00 bits per heavy atom. The molecule has 0 atom stereocenters. The zero-order chi connectivity index (χ0) is 13.4. The molecule has 2 heteroatoms. The van der Waals surface area contributed by atoms with Gasteiger partial charge < -0.3 is 5.32 Å². The van der Waals surface area contributed by atoms with Crippen LogP contribution in [0.3, 0.4) is 0 Å². The number of carbonyl (C=O) groups is 1. The van der Waals surface area contributed by atoms with Crippen LogP contribution in [0.2, 0.25) is 0 Å². The highest BCUT2D eigenvalue weighted by Crippen LogP contribution is 2.15. The Morgan fingerprint density at radius 1 is 1.33 bits per heavy atom. The lowest BCUT2D eigenvalue weighted by atomic mass is 10.0. The van der Waals surface area contributed by atoms with Gasteiger partial charge >= 0.3 is 0 Å². The zero-order valence-corrected chi connectivity index (χ0v) is 11.1. The quantitative estimate of drug-likeness (QED) is 0.462. The van der Waals surface area contributed by atoms with E-state index in [0.717, 1.165) is 12.0 Å². The number of hydrogen-bond acceptors (Lipinski definition) is 1. The van der Waals surface area contributed by atoms with E-state index in [1.165, 1.54) is 5.56 Å². The van der Waals surface area contributed by atoms with E-state index < -0.39 is 0 Å². The summed E-state index contributed by atoms with van der Waals surface area (Å²) in [6, 6.07) is 8.26. The van der Waals surface area contributed by atoms with Crippen molar-refractivity contribution in [3.63, 3.8) is 0 Å². The SMILES string of the molecule is C=CCCNC(=O)/C=C/c1ccc(C(C)C)cc1. The highest BCUT2D eigenvalue weighted by Gasteiger charge is 1.98. The van der Waals surface area contributed by atoms with Gasteiger partial charge in [0.15, 0.2) is 0 Å². The van der Waals surface area contributed by atoms with Gasteiger partial charge in [0.25, 0.3) is 0 Å². The molecule has 0 saturated heterocycles. The fraction of sp³-hybridized carbons (Fsp3) is 0.312. The van der Waals surface area contributed by atoms with Crippen molar-refractivity contribution in [1.29, 1.82) is 0 Å². The summed E-state index contributed by atoms with van der Waals surface area (Å²) in [4.78, 5) is 11.4. The summed E-state index contributed by atoms with van der Waals surface area (Å²) in [5.41, 5.74) is 2.35. The molecule has 1 rings (SSSR count). The molecule has 0 aliphatic heterocycles. The molecule has 0 saturated carbocycles. The number of nitrogens with one attached hydrogen (secondary N) is 1. The van der Waals surface area contributed by atoms with Gasteiger partial charge in [0, 0.05) is 12.6 Å². The molecule has 0 aliphatic rings. The van der Waals surface area contributed by atoms with E-state index >= 15 is 0 Å². The normalized spacial score (nSPS) is 10.8. The molecular formula is C16H21NO. The maximum absolute atomic E-state index is 11.4. The number of hydrogen-bond donors (Lipinski definition) is 1. The summed E-state index contributed by atoms with van der Waals surface area (Å²) in [6.45, 7) is 8.57. The molecule has 18 heavy (non-hydrogen) atoms. The Labute approximate surface area is 109 Å². The lowest BCUT2D eigenvalue weighted by Gasteiger charge is -2.04. The second-order valence-corrected chi connectivity index (χ2v) is 4.52. The van der Waals surface area contributed by atoms with Gasteiger partial charge in [-0.3, -0.25) is 4.79 Å². The van der Waals surface area contributed by atoms with Crippen LogP contribution in [0.25, 0.3) is 6.08 Å². The van der Waals surface area contributed by atoms with Crippen LogP contribution in [0.1, 0.15) is 37.3 Å². The van der Waals surface area contributed by atoms with Crippen molar-refractivity contribution in [2.24, 2.45) is 0 Å². The maximum atomic E-state index is 11.4. The van der Waals surface area contributed by atoms with E-state index in [9.17, 15) is 4.79 Å². The van der Waals surface area contributed by atoms with Crippen LogP contribution < -0.4 is 5.32 Å². The van der Waals surface area contributed by atoms with Gasteiger partial charge in [-0.25, -0.2) is 0 Å². The predicted octanol–water partition coefficient (Wildman–Crippen LogP) is 3.52. The van der Waals surface area contributed by atoms with Crippen LogP contribution in [-0.4, -0.2) is 12.5 Å². The lowest BCUT2D eigenvalue weighted by Crippen LogP contribution is -2.21. The molecule has 1 aromatic rings. The van der Waals surface area contributed by atoms with E-state index in [1.54, 1.807) is 12.2 Å². The molecule has 1 amide bonds. The van der Waals surface area contributed by atoms with E-state index in [4.69, 9.17) is 0 Å². The molecule has 0 radical (unpaired) electrons. The maximum Gasteiger partial charge on any atom is 0.244 e. The molecule has 0 spiro atoms. The lowest BCUT2D eigenvalue weighted by molar-refractivity contribution is -0.116. The van der Waals surface area contributed by atoms with Gasteiger partial charge in [-0.2, -0.15) is 0 Å². The van der Waals surface area contributed by atoms with Gasteiger partial charge in [-0.05, 0) is 29.5 Å². The van der Waals surface area contributed by atoms with E-state index in [2.05, 4.69) is 37.9 Å². The third-order valence-corrected chi connectivity index (χ3v) is 2.68. The topological polar surface area (TPSA) is 29.1 Å². The van der Waals surface area contributed by atoms with Crippen molar-refractivity contribution >= 4 is 12.0 Å². The molecule has 0 bridgehead atoms. The molecule has 1 N–H and O–H groups in total. The van der Waals surface area contributed by atoms with E-state index in [0.29, 0.717) is 12.5 Å².